The van der Waals surface area contributed by atoms with Crippen LogP contribution in [-0.2, 0) is 19.5 Å². The van der Waals surface area contributed by atoms with Gasteiger partial charge in [-0.15, -0.1) is 0 Å². The summed E-state index contributed by atoms with van der Waals surface area (Å²) in [6, 6.07) is 0. The lowest BCUT2D eigenvalue weighted by molar-refractivity contribution is -0.704. The molecule has 33 heavy (non-hydrogen) atoms. The van der Waals surface area contributed by atoms with Gasteiger partial charge in [0, 0.05) is 6.42 Å². The van der Waals surface area contributed by atoms with E-state index in [1.807, 2.05) is 0 Å². The van der Waals surface area contributed by atoms with E-state index in [2.05, 4.69) is 42.3 Å². The molecule has 1 aromatic heterocycles. The molecule has 1 aromatic rings. The van der Waals surface area contributed by atoms with Crippen molar-refractivity contribution in [1.82, 2.24) is 4.57 Å². The molecule has 0 aromatic carbocycles. The van der Waals surface area contributed by atoms with Crippen molar-refractivity contribution < 1.29 is 4.57 Å². The highest BCUT2D eigenvalue weighted by molar-refractivity contribution is 4.84. The lowest BCUT2D eigenvalue weighted by Crippen LogP contribution is -2.37. The van der Waals surface area contributed by atoms with Crippen LogP contribution in [0.15, 0.2) is 12.4 Å². The van der Waals surface area contributed by atoms with E-state index in [4.69, 9.17) is 0 Å². The molecule has 0 atom stereocenters. The molecule has 2 heteroatoms. The molecule has 0 aliphatic carbocycles. The second-order valence-corrected chi connectivity index (χ2v) is 10.6. The highest BCUT2D eigenvalue weighted by Crippen LogP contribution is 2.13. The third-order valence-electron chi connectivity index (χ3n) is 7.35. The summed E-state index contributed by atoms with van der Waals surface area (Å²) in [5.41, 5.74) is 0. The number of unbranched alkanes of at least 4 members (excludes halogenated alkanes) is 19. The van der Waals surface area contributed by atoms with Crippen LogP contribution in [0.1, 0.15) is 168 Å². The van der Waals surface area contributed by atoms with Crippen LogP contribution in [-0.4, -0.2) is 4.57 Å². The van der Waals surface area contributed by atoms with Crippen molar-refractivity contribution in [3.63, 3.8) is 0 Å². The van der Waals surface area contributed by atoms with Crippen molar-refractivity contribution in [1.29, 1.82) is 0 Å². The molecule has 1 rings (SSSR count). The lowest BCUT2D eigenvalue weighted by Gasteiger charge is -2.06. The van der Waals surface area contributed by atoms with Crippen molar-refractivity contribution in [2.45, 2.75) is 182 Å². The average molecular weight is 462 g/mol. The zero-order chi connectivity index (χ0) is 23.8. The van der Waals surface area contributed by atoms with Gasteiger partial charge in [0.2, 0.25) is 0 Å². The average Bonchev–Trinajstić information content (AvgIpc) is 3.21. The summed E-state index contributed by atoms with van der Waals surface area (Å²) in [7, 11) is 0. The minimum atomic E-state index is 1.20. The predicted octanol–water partition coefficient (Wildman–Crippen LogP) is 9.96. The molecular weight excluding hydrogens is 400 g/mol. The molecule has 0 saturated heterocycles. The van der Waals surface area contributed by atoms with Crippen LogP contribution >= 0.6 is 0 Å². The van der Waals surface area contributed by atoms with Crippen LogP contribution in [0.2, 0.25) is 0 Å². The second kappa shape index (κ2) is 23.0. The molecule has 0 bridgehead atoms. The lowest BCUT2D eigenvalue weighted by atomic mass is 10.1. The molecule has 0 spiro atoms. The van der Waals surface area contributed by atoms with Gasteiger partial charge in [0.1, 0.15) is 12.4 Å². The van der Waals surface area contributed by atoms with Crippen LogP contribution in [0.3, 0.4) is 0 Å². The second-order valence-electron chi connectivity index (χ2n) is 10.6. The minimum absolute atomic E-state index is 1.20. The molecule has 0 amide bonds. The maximum Gasteiger partial charge on any atom is 0.256 e. The summed E-state index contributed by atoms with van der Waals surface area (Å²) in [4.78, 5) is 0. The van der Waals surface area contributed by atoms with E-state index < -0.39 is 0 Å². The highest BCUT2D eigenvalue weighted by Gasteiger charge is 2.16. The highest BCUT2D eigenvalue weighted by atomic mass is 15.1. The number of nitrogens with zero attached hydrogens (tertiary/aromatic N) is 2. The van der Waals surface area contributed by atoms with Crippen molar-refractivity contribution in [3.05, 3.63) is 18.2 Å². The first-order valence-electron chi connectivity index (χ1n) is 15.4. The van der Waals surface area contributed by atoms with E-state index >= 15 is 0 Å². The fourth-order valence-corrected chi connectivity index (χ4v) is 5.06. The van der Waals surface area contributed by atoms with Gasteiger partial charge in [-0.3, -0.25) is 0 Å². The topological polar surface area (TPSA) is 8.81 Å². The van der Waals surface area contributed by atoms with Crippen molar-refractivity contribution in [3.8, 4) is 0 Å². The smallest absolute Gasteiger partial charge is 0.234 e. The van der Waals surface area contributed by atoms with E-state index in [-0.39, 0.29) is 0 Å². The van der Waals surface area contributed by atoms with Crippen LogP contribution < -0.4 is 4.57 Å². The van der Waals surface area contributed by atoms with Crippen molar-refractivity contribution in [2.24, 2.45) is 0 Å². The van der Waals surface area contributed by atoms with Crippen LogP contribution in [0.4, 0.5) is 0 Å². The predicted molar refractivity (Wildman–Crippen MR) is 147 cm³/mol. The van der Waals surface area contributed by atoms with E-state index in [1.165, 1.54) is 161 Å². The summed E-state index contributed by atoms with van der Waals surface area (Å²) in [5.74, 6) is 1.60. The Labute approximate surface area is 208 Å². The Balaban J connectivity index is 2.21. The number of hydrogen-bond donors (Lipinski definition) is 0. The Morgan fingerprint density at radius 3 is 1.42 bits per heavy atom. The van der Waals surface area contributed by atoms with Gasteiger partial charge in [0.25, 0.3) is 5.82 Å². The fraction of sp³-hybridized carbons (Fsp3) is 0.903. The van der Waals surface area contributed by atoms with Gasteiger partial charge >= 0.3 is 0 Å². The zero-order valence-corrected chi connectivity index (χ0v) is 23.2. The minimum Gasteiger partial charge on any atom is -0.234 e. The Kier molecular flexibility index (Phi) is 21.1. The fourth-order valence-electron chi connectivity index (χ4n) is 5.06. The normalized spacial score (nSPS) is 11.5. The molecule has 194 valence electrons. The first-order chi connectivity index (χ1) is 16.3. The number of hydrogen-bond acceptors (Lipinski definition) is 0. The van der Waals surface area contributed by atoms with Gasteiger partial charge in [-0.25, -0.2) is 9.13 Å². The molecule has 2 nitrogen and oxygen atoms in total. The summed E-state index contributed by atoms with van der Waals surface area (Å²) < 4.78 is 5.15. The van der Waals surface area contributed by atoms with Gasteiger partial charge in [-0.2, -0.15) is 0 Å². The Morgan fingerprint density at radius 1 is 0.515 bits per heavy atom. The molecule has 0 aliphatic rings. The molecule has 0 radical (unpaired) electrons. The van der Waals surface area contributed by atoms with Crippen LogP contribution in [0, 0.1) is 0 Å². The van der Waals surface area contributed by atoms with Gasteiger partial charge in [-0.05, 0) is 25.7 Å². The summed E-state index contributed by atoms with van der Waals surface area (Å²) in [5, 5.41) is 0. The quantitative estimate of drug-likeness (QED) is 0.101. The van der Waals surface area contributed by atoms with Gasteiger partial charge in [0.15, 0.2) is 0 Å². The van der Waals surface area contributed by atoms with Crippen molar-refractivity contribution in [2.75, 3.05) is 0 Å². The largest absolute Gasteiger partial charge is 0.256 e. The monoisotopic (exact) mass is 461 g/mol. The van der Waals surface area contributed by atoms with Crippen LogP contribution in [0.5, 0.6) is 0 Å². The maximum atomic E-state index is 2.59. The SMILES string of the molecule is CCCCCCCCCCCCC[n+]1ccn(CCCC)c1CCCCCCCCCCC. The van der Waals surface area contributed by atoms with Crippen LogP contribution in [0.25, 0.3) is 0 Å². The molecule has 0 saturated carbocycles. The van der Waals surface area contributed by atoms with E-state index in [1.54, 1.807) is 5.82 Å². The molecular formula is C31H61N2+. The standard InChI is InChI=1S/C31H61N2/c1-4-7-10-12-14-16-17-19-21-23-25-28-33-30-29-32(27-9-6-3)31(33)26-24-22-20-18-15-13-11-8-5-2/h29-30H,4-28H2,1-3H3/q+1. The van der Waals surface area contributed by atoms with Gasteiger partial charge < -0.3 is 0 Å². The summed E-state index contributed by atoms with van der Waals surface area (Å²) in [6.07, 6.45) is 37.1. The third-order valence-corrected chi connectivity index (χ3v) is 7.35. The molecule has 0 N–H and O–H groups in total. The summed E-state index contributed by atoms with van der Waals surface area (Å²) in [6.45, 7) is 9.35. The van der Waals surface area contributed by atoms with Gasteiger partial charge in [0.05, 0.1) is 13.1 Å². The van der Waals surface area contributed by atoms with E-state index in [0.29, 0.717) is 0 Å². The Bertz CT molecular complexity index is 519. The van der Waals surface area contributed by atoms with E-state index in [0.717, 1.165) is 0 Å². The number of aromatic nitrogens is 2. The molecule has 0 aliphatic heterocycles. The molecule has 1 heterocycles. The Morgan fingerprint density at radius 2 is 0.939 bits per heavy atom. The third kappa shape index (κ3) is 16.5. The summed E-state index contributed by atoms with van der Waals surface area (Å²) >= 11 is 0. The van der Waals surface area contributed by atoms with E-state index in [9.17, 15) is 0 Å². The number of imidazole rings is 1. The maximum absolute atomic E-state index is 2.59. The molecule has 0 fully saturated rings. The molecule has 0 unspecified atom stereocenters. The Hall–Kier alpha value is -0.790. The first-order valence-corrected chi connectivity index (χ1v) is 15.4. The number of rotatable bonds is 25. The first kappa shape index (κ1) is 30.2. The van der Waals surface area contributed by atoms with Gasteiger partial charge in [-0.1, -0.05) is 136 Å². The van der Waals surface area contributed by atoms with Crippen molar-refractivity contribution >= 4 is 0 Å². The number of aryl methyl sites for hydroxylation is 2. The zero-order valence-electron chi connectivity index (χ0n) is 23.2.